The second-order valence-corrected chi connectivity index (χ2v) is 10.7. The second kappa shape index (κ2) is 11.0. The fourth-order valence-corrected chi connectivity index (χ4v) is 6.67. The van der Waals surface area contributed by atoms with Crippen LogP contribution < -0.4 is 10.2 Å². The molecule has 3 aliphatic rings. The van der Waals surface area contributed by atoms with Gasteiger partial charge in [0.25, 0.3) is 0 Å². The molecule has 4 rings (SSSR count). The summed E-state index contributed by atoms with van der Waals surface area (Å²) in [6, 6.07) is 6.13. The van der Waals surface area contributed by atoms with Crippen LogP contribution in [0.1, 0.15) is 53.9 Å². The maximum Gasteiger partial charge on any atom is 0.312 e. The quantitative estimate of drug-likeness (QED) is 0.436. The molecule has 3 saturated heterocycles. The predicted molar refractivity (Wildman–Crippen MR) is 140 cm³/mol. The number of nitrogens with one attached hydrogen (secondary N) is 1. The highest BCUT2D eigenvalue weighted by atomic mass is 16.6. The Labute approximate surface area is 219 Å². The van der Waals surface area contributed by atoms with Crippen LogP contribution in [0.5, 0.6) is 0 Å². The number of fused-ring (bicyclic) bond motifs is 1. The summed E-state index contributed by atoms with van der Waals surface area (Å²) in [5, 5.41) is 13.3. The van der Waals surface area contributed by atoms with Crippen molar-refractivity contribution in [3.63, 3.8) is 0 Å². The van der Waals surface area contributed by atoms with E-state index in [4.69, 9.17) is 9.47 Å². The van der Waals surface area contributed by atoms with Crippen LogP contribution in [0.15, 0.2) is 24.3 Å². The Balaban J connectivity index is 1.68. The Bertz CT molecular complexity index is 994. The van der Waals surface area contributed by atoms with Crippen molar-refractivity contribution in [1.29, 1.82) is 0 Å². The van der Waals surface area contributed by atoms with Crippen LogP contribution in [0.3, 0.4) is 0 Å². The van der Waals surface area contributed by atoms with Crippen molar-refractivity contribution in [2.24, 2.45) is 17.8 Å². The predicted octanol–water partition coefficient (Wildman–Crippen LogP) is 2.82. The number of carbonyl (C=O) groups excluding carboxylic acids is 3. The van der Waals surface area contributed by atoms with Gasteiger partial charge in [0.05, 0.1) is 37.2 Å². The number of nitrogens with zero attached hydrogens (tertiary/aromatic N) is 2. The Morgan fingerprint density at radius 2 is 1.89 bits per heavy atom. The van der Waals surface area contributed by atoms with Gasteiger partial charge in [0.15, 0.2) is 0 Å². The standard InChI is InChI=1S/C28H41N3O6/c1-6-30(7-2)19-11-9-18(10-12-19)29-25(33)24-28-14-13-21(37-28)22(27(35)36-8-3)23(28)26(34)31(24)20(16-32)15-17(4)5/h9-12,17,20-24,32H,6-8,13-16H2,1-5H3,(H,29,33)/t20-,21-,22+,23+,24?,28?/m1/s1. The minimum Gasteiger partial charge on any atom is -0.466 e. The molecule has 2 N–H and O–H groups in total. The highest BCUT2D eigenvalue weighted by molar-refractivity contribution is 6.03. The van der Waals surface area contributed by atoms with E-state index in [0.717, 1.165) is 18.8 Å². The van der Waals surface area contributed by atoms with E-state index in [1.165, 1.54) is 4.90 Å². The van der Waals surface area contributed by atoms with E-state index in [9.17, 15) is 19.5 Å². The highest BCUT2D eigenvalue weighted by Gasteiger charge is 2.75. The monoisotopic (exact) mass is 515 g/mol. The van der Waals surface area contributed by atoms with Gasteiger partial charge in [-0.15, -0.1) is 0 Å². The number of anilines is 2. The van der Waals surface area contributed by atoms with Crippen molar-refractivity contribution in [3.05, 3.63) is 24.3 Å². The van der Waals surface area contributed by atoms with Crippen LogP contribution in [0.2, 0.25) is 0 Å². The molecule has 1 aromatic carbocycles. The number of amides is 2. The van der Waals surface area contributed by atoms with E-state index in [2.05, 4.69) is 24.1 Å². The zero-order valence-corrected chi connectivity index (χ0v) is 22.6. The zero-order chi connectivity index (χ0) is 26.9. The number of benzene rings is 1. The summed E-state index contributed by atoms with van der Waals surface area (Å²) in [6.07, 6.45) is 1.16. The smallest absolute Gasteiger partial charge is 0.312 e. The first-order valence-corrected chi connectivity index (χ1v) is 13.7. The van der Waals surface area contributed by atoms with Gasteiger partial charge in [-0.2, -0.15) is 0 Å². The lowest BCUT2D eigenvalue weighted by molar-refractivity contribution is -0.155. The average molecular weight is 516 g/mol. The van der Waals surface area contributed by atoms with E-state index < -0.39 is 41.6 Å². The molecule has 0 radical (unpaired) electrons. The van der Waals surface area contributed by atoms with E-state index in [-0.39, 0.29) is 30.9 Å². The molecule has 9 heteroatoms. The molecule has 3 heterocycles. The van der Waals surface area contributed by atoms with Gasteiger partial charge in [-0.25, -0.2) is 0 Å². The summed E-state index contributed by atoms with van der Waals surface area (Å²) < 4.78 is 11.7. The van der Waals surface area contributed by atoms with Gasteiger partial charge in [-0.3, -0.25) is 14.4 Å². The maximum atomic E-state index is 14.0. The topological polar surface area (TPSA) is 108 Å². The summed E-state index contributed by atoms with van der Waals surface area (Å²) in [5.41, 5.74) is 0.563. The van der Waals surface area contributed by atoms with Crippen molar-refractivity contribution in [3.8, 4) is 0 Å². The van der Waals surface area contributed by atoms with E-state index >= 15 is 0 Å². The summed E-state index contributed by atoms with van der Waals surface area (Å²) in [5.74, 6) is -2.47. The largest absolute Gasteiger partial charge is 0.466 e. The Morgan fingerprint density at radius 3 is 2.46 bits per heavy atom. The van der Waals surface area contributed by atoms with Gasteiger partial charge in [0, 0.05) is 24.5 Å². The number of hydrogen-bond donors (Lipinski definition) is 2. The van der Waals surface area contributed by atoms with Crippen LogP contribution in [-0.4, -0.2) is 77.9 Å². The van der Waals surface area contributed by atoms with Gasteiger partial charge < -0.3 is 29.7 Å². The number of carbonyl (C=O) groups is 3. The molecule has 0 saturated carbocycles. The first-order chi connectivity index (χ1) is 17.7. The average Bonchev–Trinajstić information content (AvgIpc) is 3.51. The molecule has 3 aliphatic heterocycles. The van der Waals surface area contributed by atoms with Gasteiger partial charge in [0.2, 0.25) is 11.8 Å². The molecule has 0 aromatic heterocycles. The number of ether oxygens (including phenoxy) is 2. The molecule has 1 aromatic rings. The molecule has 1 spiro atoms. The normalized spacial score (nSPS) is 28.9. The van der Waals surface area contributed by atoms with Crippen LogP contribution >= 0.6 is 0 Å². The van der Waals surface area contributed by atoms with Crippen LogP contribution in [0.25, 0.3) is 0 Å². The van der Waals surface area contributed by atoms with E-state index in [1.54, 1.807) is 6.92 Å². The molecule has 0 aliphatic carbocycles. The van der Waals surface area contributed by atoms with Crippen LogP contribution in [0.4, 0.5) is 11.4 Å². The second-order valence-electron chi connectivity index (χ2n) is 10.7. The first kappa shape index (κ1) is 27.4. The van der Waals surface area contributed by atoms with Crippen LogP contribution in [-0.2, 0) is 23.9 Å². The molecule has 2 bridgehead atoms. The third-order valence-corrected chi connectivity index (χ3v) is 8.16. The molecule has 204 valence electrons. The Morgan fingerprint density at radius 1 is 1.22 bits per heavy atom. The van der Waals surface area contributed by atoms with Gasteiger partial charge >= 0.3 is 5.97 Å². The summed E-state index contributed by atoms with van der Waals surface area (Å²) in [6.45, 7) is 11.6. The number of esters is 1. The number of hydrogen-bond acceptors (Lipinski definition) is 7. The number of rotatable bonds is 11. The fourth-order valence-electron chi connectivity index (χ4n) is 6.67. The molecule has 37 heavy (non-hydrogen) atoms. The minimum atomic E-state index is -1.12. The fraction of sp³-hybridized carbons (Fsp3) is 0.679. The maximum absolute atomic E-state index is 14.0. The van der Waals surface area contributed by atoms with Crippen molar-refractivity contribution in [1.82, 2.24) is 4.90 Å². The molecule has 3 fully saturated rings. The number of likely N-dealkylation sites (tertiary alicyclic amines) is 1. The Hall–Kier alpha value is -2.65. The molecular weight excluding hydrogens is 474 g/mol. The Kier molecular flexibility index (Phi) is 8.14. The molecular formula is C28H41N3O6. The summed E-state index contributed by atoms with van der Waals surface area (Å²) in [4.78, 5) is 44.6. The van der Waals surface area contributed by atoms with Crippen molar-refractivity contribution in [2.75, 3.05) is 36.5 Å². The summed E-state index contributed by atoms with van der Waals surface area (Å²) >= 11 is 0. The molecule has 6 atom stereocenters. The van der Waals surface area contributed by atoms with Crippen molar-refractivity contribution in [2.45, 2.75) is 77.7 Å². The van der Waals surface area contributed by atoms with E-state index in [0.29, 0.717) is 24.9 Å². The lowest BCUT2D eigenvalue weighted by Gasteiger charge is -2.37. The number of aliphatic hydroxyl groups excluding tert-OH is 1. The van der Waals surface area contributed by atoms with Gasteiger partial charge in [0.1, 0.15) is 11.6 Å². The van der Waals surface area contributed by atoms with E-state index in [1.807, 2.05) is 38.1 Å². The minimum absolute atomic E-state index is 0.192. The first-order valence-electron chi connectivity index (χ1n) is 13.7. The molecule has 9 nitrogen and oxygen atoms in total. The van der Waals surface area contributed by atoms with Gasteiger partial charge in [-0.05, 0) is 70.2 Å². The molecule has 2 amide bonds. The van der Waals surface area contributed by atoms with Gasteiger partial charge in [-0.1, -0.05) is 13.8 Å². The lowest BCUT2D eigenvalue weighted by Crippen LogP contribution is -2.56. The highest BCUT2D eigenvalue weighted by Crippen LogP contribution is 2.59. The van der Waals surface area contributed by atoms with Crippen LogP contribution in [0, 0.1) is 17.8 Å². The van der Waals surface area contributed by atoms with Crippen molar-refractivity contribution >= 4 is 29.2 Å². The number of aliphatic hydroxyl groups is 1. The van der Waals surface area contributed by atoms with Crippen molar-refractivity contribution < 1.29 is 29.0 Å². The lowest BCUT2D eigenvalue weighted by atomic mass is 9.70. The SMILES string of the molecule is CCOC(=O)[C@@H]1[C@H]2C(=O)N([C@@H](CO)CC(C)C)C(C(=O)Nc3ccc(N(CC)CC)cc3)C23CC[C@H]1O3. The zero-order valence-electron chi connectivity index (χ0n) is 22.6. The molecule has 2 unspecified atom stereocenters. The third-order valence-electron chi connectivity index (χ3n) is 8.16. The summed E-state index contributed by atoms with van der Waals surface area (Å²) in [7, 11) is 0. The third kappa shape index (κ3) is 4.72.